The molecule has 2 rings (SSSR count). The van der Waals surface area contributed by atoms with Crippen LogP contribution < -0.4 is 0 Å². The van der Waals surface area contributed by atoms with Crippen LogP contribution in [0.4, 0.5) is 0 Å². The second-order valence-corrected chi connectivity index (χ2v) is 6.81. The first-order valence-electron chi connectivity index (χ1n) is 6.70. The molecule has 0 aromatic heterocycles. The predicted octanol–water partition coefficient (Wildman–Crippen LogP) is 2.58. The molecule has 0 saturated heterocycles. The molecule has 2 N–H and O–H groups in total. The van der Waals surface area contributed by atoms with Crippen molar-refractivity contribution in [2.24, 2.45) is 23.2 Å². The Hall–Kier alpha value is -0.0800. The Balaban J connectivity index is 2.34. The summed E-state index contributed by atoms with van der Waals surface area (Å²) in [4.78, 5) is 0. The lowest BCUT2D eigenvalue weighted by atomic mass is 9.57. The van der Waals surface area contributed by atoms with Gasteiger partial charge in [-0.15, -0.1) is 0 Å². The Labute approximate surface area is 99.1 Å². The van der Waals surface area contributed by atoms with Crippen molar-refractivity contribution in [2.45, 2.75) is 65.1 Å². The summed E-state index contributed by atoms with van der Waals surface area (Å²) >= 11 is 0. The standard InChI is InChI=1S/C14H26O2/c1-9-5-10(2)8-14(7-9)11(3)6-12(15)13(14,4)16/h9-12,15-16H,5-8H2,1-4H3/t9-,10+,11-,12?,13?,14?/m1/s1. The van der Waals surface area contributed by atoms with Gasteiger partial charge in [0.1, 0.15) is 0 Å². The van der Waals surface area contributed by atoms with E-state index in [0.29, 0.717) is 17.8 Å². The topological polar surface area (TPSA) is 40.5 Å². The van der Waals surface area contributed by atoms with Gasteiger partial charge in [0, 0.05) is 5.41 Å². The van der Waals surface area contributed by atoms with E-state index in [9.17, 15) is 10.2 Å². The molecule has 0 aromatic rings. The first kappa shape index (κ1) is 12.4. The summed E-state index contributed by atoms with van der Waals surface area (Å²) in [6.45, 7) is 8.62. The van der Waals surface area contributed by atoms with E-state index in [-0.39, 0.29) is 5.41 Å². The van der Waals surface area contributed by atoms with Gasteiger partial charge in [-0.3, -0.25) is 0 Å². The molecule has 2 fully saturated rings. The third-order valence-electron chi connectivity index (χ3n) is 5.41. The van der Waals surface area contributed by atoms with E-state index in [1.165, 1.54) is 6.42 Å². The largest absolute Gasteiger partial charge is 0.390 e. The lowest BCUT2D eigenvalue weighted by Gasteiger charge is -2.50. The van der Waals surface area contributed by atoms with Crippen LogP contribution in [-0.4, -0.2) is 21.9 Å². The summed E-state index contributed by atoms with van der Waals surface area (Å²) in [5.41, 5.74) is -0.946. The molecule has 0 amide bonds. The molecule has 2 aliphatic rings. The number of hydrogen-bond donors (Lipinski definition) is 2. The van der Waals surface area contributed by atoms with Crippen LogP contribution in [0.1, 0.15) is 53.4 Å². The van der Waals surface area contributed by atoms with E-state index in [0.717, 1.165) is 19.3 Å². The molecule has 2 nitrogen and oxygen atoms in total. The Morgan fingerprint density at radius 1 is 1.00 bits per heavy atom. The zero-order valence-corrected chi connectivity index (χ0v) is 11.0. The molecule has 0 bridgehead atoms. The lowest BCUT2D eigenvalue weighted by Crippen LogP contribution is -2.53. The van der Waals surface area contributed by atoms with Gasteiger partial charge in [0.05, 0.1) is 11.7 Å². The molecule has 0 heterocycles. The monoisotopic (exact) mass is 226 g/mol. The number of aliphatic hydroxyl groups is 2. The van der Waals surface area contributed by atoms with Crippen LogP contribution in [0, 0.1) is 23.2 Å². The zero-order chi connectivity index (χ0) is 12.1. The van der Waals surface area contributed by atoms with Crippen LogP contribution in [0.25, 0.3) is 0 Å². The highest BCUT2D eigenvalue weighted by atomic mass is 16.3. The third kappa shape index (κ3) is 1.53. The minimum absolute atomic E-state index is 0.0521. The van der Waals surface area contributed by atoms with Crippen molar-refractivity contribution in [3.63, 3.8) is 0 Å². The van der Waals surface area contributed by atoms with Gasteiger partial charge in [0.2, 0.25) is 0 Å². The molecule has 0 aromatic carbocycles. The average molecular weight is 226 g/mol. The minimum Gasteiger partial charge on any atom is -0.390 e. The number of aliphatic hydroxyl groups excluding tert-OH is 1. The van der Waals surface area contributed by atoms with Crippen molar-refractivity contribution in [3.05, 3.63) is 0 Å². The van der Waals surface area contributed by atoms with Gasteiger partial charge in [-0.2, -0.15) is 0 Å². The SMILES string of the molecule is C[C@@H]1C[C@H](C)CC2(C1)[C@H](C)CC(O)C2(C)O. The Morgan fingerprint density at radius 3 is 1.88 bits per heavy atom. The maximum Gasteiger partial charge on any atom is 0.0936 e. The fraction of sp³-hybridized carbons (Fsp3) is 1.00. The second-order valence-electron chi connectivity index (χ2n) is 6.81. The van der Waals surface area contributed by atoms with E-state index in [1.54, 1.807) is 0 Å². The van der Waals surface area contributed by atoms with Gasteiger partial charge in [-0.05, 0) is 50.4 Å². The van der Waals surface area contributed by atoms with Crippen LogP contribution in [0.15, 0.2) is 0 Å². The van der Waals surface area contributed by atoms with Crippen molar-refractivity contribution >= 4 is 0 Å². The van der Waals surface area contributed by atoms with Crippen LogP contribution in [0.3, 0.4) is 0 Å². The summed E-state index contributed by atoms with van der Waals surface area (Å²) in [6.07, 6.45) is 3.62. The normalized spacial score (nSPS) is 58.1. The Kier molecular flexibility index (Phi) is 2.87. The van der Waals surface area contributed by atoms with E-state index in [1.807, 2.05) is 6.92 Å². The molecule has 0 radical (unpaired) electrons. The van der Waals surface area contributed by atoms with E-state index in [4.69, 9.17) is 0 Å². The van der Waals surface area contributed by atoms with Crippen molar-refractivity contribution in [1.82, 2.24) is 0 Å². The van der Waals surface area contributed by atoms with E-state index >= 15 is 0 Å². The summed E-state index contributed by atoms with van der Waals surface area (Å²) in [5.74, 6) is 1.77. The first-order chi connectivity index (χ1) is 7.29. The van der Waals surface area contributed by atoms with Gasteiger partial charge >= 0.3 is 0 Å². The molecule has 16 heavy (non-hydrogen) atoms. The quantitative estimate of drug-likeness (QED) is 0.666. The van der Waals surface area contributed by atoms with Crippen LogP contribution in [0.2, 0.25) is 0 Å². The van der Waals surface area contributed by atoms with Crippen molar-refractivity contribution in [2.75, 3.05) is 0 Å². The van der Waals surface area contributed by atoms with Crippen LogP contribution in [0.5, 0.6) is 0 Å². The highest BCUT2D eigenvalue weighted by molar-refractivity contribution is 5.11. The smallest absolute Gasteiger partial charge is 0.0936 e. The Bertz CT molecular complexity index is 262. The van der Waals surface area contributed by atoms with Crippen LogP contribution in [-0.2, 0) is 0 Å². The maximum absolute atomic E-state index is 10.7. The number of hydrogen-bond acceptors (Lipinski definition) is 2. The fourth-order valence-corrected chi connectivity index (χ4v) is 4.62. The summed E-state index contributed by atoms with van der Waals surface area (Å²) < 4.78 is 0. The van der Waals surface area contributed by atoms with E-state index < -0.39 is 11.7 Å². The van der Waals surface area contributed by atoms with Crippen molar-refractivity contribution in [1.29, 1.82) is 0 Å². The van der Waals surface area contributed by atoms with Crippen molar-refractivity contribution < 1.29 is 10.2 Å². The molecule has 6 atom stereocenters. The molecule has 2 saturated carbocycles. The maximum atomic E-state index is 10.7. The average Bonchev–Trinajstić information content (AvgIpc) is 2.27. The highest BCUT2D eigenvalue weighted by Gasteiger charge is 2.61. The van der Waals surface area contributed by atoms with Gasteiger partial charge < -0.3 is 10.2 Å². The minimum atomic E-state index is -0.893. The zero-order valence-electron chi connectivity index (χ0n) is 11.0. The van der Waals surface area contributed by atoms with Gasteiger partial charge in [0.15, 0.2) is 0 Å². The molecule has 2 aliphatic carbocycles. The molecule has 94 valence electrons. The van der Waals surface area contributed by atoms with Gasteiger partial charge in [-0.1, -0.05) is 20.8 Å². The Morgan fingerprint density at radius 2 is 1.50 bits per heavy atom. The first-order valence-corrected chi connectivity index (χ1v) is 6.70. The van der Waals surface area contributed by atoms with Crippen LogP contribution >= 0.6 is 0 Å². The van der Waals surface area contributed by atoms with Gasteiger partial charge in [-0.25, -0.2) is 0 Å². The molecule has 0 aliphatic heterocycles. The molecule has 3 unspecified atom stereocenters. The molecular weight excluding hydrogens is 200 g/mol. The molecular formula is C14H26O2. The molecule has 2 heteroatoms. The van der Waals surface area contributed by atoms with Gasteiger partial charge in [0.25, 0.3) is 0 Å². The summed E-state index contributed by atoms with van der Waals surface area (Å²) in [7, 11) is 0. The second kappa shape index (κ2) is 3.71. The summed E-state index contributed by atoms with van der Waals surface area (Å²) in [5, 5.41) is 20.8. The summed E-state index contributed by atoms with van der Waals surface area (Å²) in [6, 6.07) is 0. The van der Waals surface area contributed by atoms with Crippen molar-refractivity contribution in [3.8, 4) is 0 Å². The lowest BCUT2D eigenvalue weighted by molar-refractivity contribution is -0.143. The number of rotatable bonds is 0. The van der Waals surface area contributed by atoms with E-state index in [2.05, 4.69) is 20.8 Å². The fourth-order valence-electron chi connectivity index (χ4n) is 4.62. The highest BCUT2D eigenvalue weighted by Crippen LogP contribution is 2.60. The predicted molar refractivity (Wildman–Crippen MR) is 65.0 cm³/mol. The molecule has 1 spiro atoms. The third-order valence-corrected chi connectivity index (χ3v) is 5.41.